The monoisotopic (exact) mass is 303 g/mol. The third kappa shape index (κ3) is 4.64. The van der Waals surface area contributed by atoms with E-state index in [-0.39, 0.29) is 4.43 Å². The zero-order chi connectivity index (χ0) is 10.6. The van der Waals surface area contributed by atoms with Crippen molar-refractivity contribution in [3.63, 3.8) is 0 Å². The lowest BCUT2D eigenvalue weighted by molar-refractivity contribution is -0.00838. The minimum Gasteiger partial charge on any atom is -0.443 e. The number of nitrogens with two attached hydrogens (primary N) is 1. The van der Waals surface area contributed by atoms with Crippen LogP contribution >= 0.6 is 22.6 Å². The molecule has 2 N–H and O–H groups in total. The van der Waals surface area contributed by atoms with E-state index in [0.717, 1.165) is 0 Å². The van der Waals surface area contributed by atoms with Crippen molar-refractivity contribution in [2.45, 2.75) is 33.0 Å². The van der Waals surface area contributed by atoms with Gasteiger partial charge in [0.1, 0.15) is 12.3 Å². The molecular formula is C8H15FINO2. The molecule has 5 heteroatoms. The molecule has 78 valence electrons. The summed E-state index contributed by atoms with van der Waals surface area (Å²) < 4.78 is 18.3. The van der Waals surface area contributed by atoms with Gasteiger partial charge >= 0.3 is 6.09 Å². The number of primary amides is 1. The smallest absolute Gasteiger partial charge is 0.404 e. The number of rotatable bonds is 3. The van der Waals surface area contributed by atoms with Crippen LogP contribution in [0.5, 0.6) is 0 Å². The predicted molar refractivity (Wildman–Crippen MR) is 57.7 cm³/mol. The van der Waals surface area contributed by atoms with E-state index >= 15 is 0 Å². The van der Waals surface area contributed by atoms with Crippen molar-refractivity contribution in [3.05, 3.63) is 0 Å². The van der Waals surface area contributed by atoms with Crippen molar-refractivity contribution in [2.24, 2.45) is 11.1 Å². The lowest BCUT2D eigenvalue weighted by atomic mass is 9.86. The number of halogens is 2. The fourth-order valence-corrected chi connectivity index (χ4v) is 1.46. The predicted octanol–water partition coefficient (Wildman–Crippen LogP) is 2.27. The Morgan fingerprint density at radius 3 is 2.31 bits per heavy atom. The molecule has 0 bridgehead atoms. The molecule has 0 aromatic rings. The van der Waals surface area contributed by atoms with Crippen LogP contribution in [0, 0.1) is 5.41 Å². The van der Waals surface area contributed by atoms with E-state index < -0.39 is 23.8 Å². The summed E-state index contributed by atoms with van der Waals surface area (Å²) in [6.07, 6.45) is -2.87. The Labute approximate surface area is 91.3 Å². The molecule has 0 rings (SSSR count). The Morgan fingerprint density at radius 2 is 2.08 bits per heavy atom. The Bertz CT molecular complexity index is 181. The van der Waals surface area contributed by atoms with Gasteiger partial charge in [0.2, 0.25) is 0 Å². The van der Waals surface area contributed by atoms with E-state index in [9.17, 15) is 9.18 Å². The Balaban J connectivity index is 4.46. The SMILES string of the molecule is CC(C)(C)C(OC(N)=O)C(F)CI. The minimum absolute atomic E-state index is 0.285. The number of hydrogen-bond donors (Lipinski definition) is 1. The van der Waals surface area contributed by atoms with Crippen LogP contribution in [0.2, 0.25) is 0 Å². The molecule has 0 aliphatic rings. The van der Waals surface area contributed by atoms with Crippen molar-refractivity contribution in [2.75, 3.05) is 4.43 Å². The highest BCUT2D eigenvalue weighted by molar-refractivity contribution is 14.1. The van der Waals surface area contributed by atoms with E-state index in [1.54, 1.807) is 20.8 Å². The van der Waals surface area contributed by atoms with Crippen LogP contribution in [-0.4, -0.2) is 22.8 Å². The van der Waals surface area contributed by atoms with Gasteiger partial charge in [-0.3, -0.25) is 0 Å². The zero-order valence-corrected chi connectivity index (χ0v) is 10.2. The second-order valence-electron chi connectivity index (χ2n) is 3.89. The van der Waals surface area contributed by atoms with Crippen molar-refractivity contribution in [1.82, 2.24) is 0 Å². The molecule has 0 aliphatic heterocycles. The summed E-state index contributed by atoms with van der Waals surface area (Å²) in [6.45, 7) is 5.42. The van der Waals surface area contributed by atoms with E-state index in [0.29, 0.717) is 0 Å². The fourth-order valence-electron chi connectivity index (χ4n) is 0.999. The average molecular weight is 303 g/mol. The molecule has 0 fully saturated rings. The van der Waals surface area contributed by atoms with E-state index in [4.69, 9.17) is 10.5 Å². The summed E-state index contributed by atoms with van der Waals surface area (Å²) in [6, 6.07) is 0. The third-order valence-electron chi connectivity index (χ3n) is 1.57. The quantitative estimate of drug-likeness (QED) is 0.642. The number of carbonyl (C=O) groups is 1. The van der Waals surface area contributed by atoms with Gasteiger partial charge in [-0.05, 0) is 0 Å². The van der Waals surface area contributed by atoms with E-state index in [1.807, 2.05) is 22.6 Å². The standard InChI is InChI=1S/C8H15FINO2/c1-8(2,3)6(5(9)4-10)13-7(11)12/h5-6H,4H2,1-3H3,(H2,11,12). The topological polar surface area (TPSA) is 52.3 Å². The normalized spacial score (nSPS) is 16.4. The van der Waals surface area contributed by atoms with Gasteiger partial charge in [0.15, 0.2) is 0 Å². The third-order valence-corrected chi connectivity index (χ3v) is 2.41. The molecule has 0 spiro atoms. The van der Waals surface area contributed by atoms with Crippen molar-refractivity contribution in [1.29, 1.82) is 0 Å². The van der Waals surface area contributed by atoms with Gasteiger partial charge in [-0.1, -0.05) is 43.4 Å². The minimum atomic E-state index is -1.17. The highest BCUT2D eigenvalue weighted by atomic mass is 127. The largest absolute Gasteiger partial charge is 0.443 e. The van der Waals surface area contributed by atoms with Crippen LogP contribution in [0.1, 0.15) is 20.8 Å². The maximum atomic E-state index is 13.3. The number of ether oxygens (including phenoxy) is 1. The first kappa shape index (κ1) is 12.9. The molecule has 1 amide bonds. The first-order valence-electron chi connectivity index (χ1n) is 3.95. The Morgan fingerprint density at radius 1 is 1.62 bits per heavy atom. The van der Waals surface area contributed by atoms with Crippen LogP contribution in [0.15, 0.2) is 0 Å². The summed E-state index contributed by atoms with van der Waals surface area (Å²) >= 11 is 1.91. The first-order chi connectivity index (χ1) is 5.79. The number of carbonyl (C=O) groups excluding carboxylic acids is 1. The summed E-state index contributed by atoms with van der Waals surface area (Å²) in [5.74, 6) is 0. The van der Waals surface area contributed by atoms with Crippen LogP contribution in [-0.2, 0) is 4.74 Å². The number of hydrogen-bond acceptors (Lipinski definition) is 2. The van der Waals surface area contributed by atoms with Crippen LogP contribution < -0.4 is 5.73 Å². The Kier molecular flexibility index (Phi) is 4.95. The molecule has 0 saturated heterocycles. The molecule has 0 aliphatic carbocycles. The number of alkyl halides is 2. The van der Waals surface area contributed by atoms with E-state index in [1.165, 1.54) is 0 Å². The number of amides is 1. The Hall–Kier alpha value is -0.0700. The van der Waals surface area contributed by atoms with E-state index in [2.05, 4.69) is 0 Å². The molecule has 2 unspecified atom stereocenters. The molecule has 3 nitrogen and oxygen atoms in total. The molecule has 0 saturated carbocycles. The highest BCUT2D eigenvalue weighted by Crippen LogP contribution is 2.27. The summed E-state index contributed by atoms with van der Waals surface area (Å²) in [7, 11) is 0. The van der Waals surface area contributed by atoms with Gasteiger partial charge < -0.3 is 10.5 Å². The lowest BCUT2D eigenvalue weighted by Crippen LogP contribution is -2.41. The average Bonchev–Trinajstić information content (AvgIpc) is 1.96. The van der Waals surface area contributed by atoms with Crippen molar-refractivity contribution >= 4 is 28.7 Å². The second kappa shape index (κ2) is 4.97. The summed E-state index contributed by atoms with van der Waals surface area (Å²) in [4.78, 5) is 10.5. The molecule has 0 heterocycles. The van der Waals surface area contributed by atoms with Gasteiger partial charge in [-0.2, -0.15) is 0 Å². The van der Waals surface area contributed by atoms with Crippen molar-refractivity contribution < 1.29 is 13.9 Å². The van der Waals surface area contributed by atoms with Gasteiger partial charge in [-0.25, -0.2) is 9.18 Å². The van der Waals surface area contributed by atoms with Gasteiger partial charge in [-0.15, -0.1) is 0 Å². The van der Waals surface area contributed by atoms with Gasteiger partial charge in [0.05, 0.1) is 0 Å². The van der Waals surface area contributed by atoms with Gasteiger partial charge in [0.25, 0.3) is 0 Å². The summed E-state index contributed by atoms with van der Waals surface area (Å²) in [5.41, 5.74) is 4.42. The van der Waals surface area contributed by atoms with Crippen molar-refractivity contribution in [3.8, 4) is 0 Å². The molecule has 0 radical (unpaired) electrons. The summed E-state index contributed by atoms with van der Waals surface area (Å²) in [5, 5.41) is 0. The molecular weight excluding hydrogens is 288 g/mol. The fraction of sp³-hybridized carbons (Fsp3) is 0.875. The highest BCUT2D eigenvalue weighted by Gasteiger charge is 2.34. The maximum Gasteiger partial charge on any atom is 0.404 e. The molecule has 0 aromatic carbocycles. The molecule has 13 heavy (non-hydrogen) atoms. The zero-order valence-electron chi connectivity index (χ0n) is 8.01. The first-order valence-corrected chi connectivity index (χ1v) is 5.47. The second-order valence-corrected chi connectivity index (χ2v) is 4.77. The lowest BCUT2D eigenvalue weighted by Gasteiger charge is -2.31. The van der Waals surface area contributed by atoms with Crippen LogP contribution in [0.3, 0.4) is 0 Å². The molecule has 2 atom stereocenters. The van der Waals surface area contributed by atoms with Gasteiger partial charge in [0, 0.05) is 9.84 Å². The molecule has 0 aromatic heterocycles. The van der Waals surface area contributed by atoms with Crippen LogP contribution in [0.4, 0.5) is 9.18 Å². The maximum absolute atomic E-state index is 13.3. The van der Waals surface area contributed by atoms with Crippen LogP contribution in [0.25, 0.3) is 0 Å².